The van der Waals surface area contributed by atoms with Gasteiger partial charge in [-0.05, 0) is 73.4 Å². The Morgan fingerprint density at radius 1 is 1.27 bits per heavy atom. The average molecular weight is 546 g/mol. The van der Waals surface area contributed by atoms with Gasteiger partial charge in [0.15, 0.2) is 0 Å². The summed E-state index contributed by atoms with van der Waals surface area (Å²) in [7, 11) is 1.93. The molecule has 2 aromatic rings. The summed E-state index contributed by atoms with van der Waals surface area (Å²) in [4.78, 5) is 20.3. The van der Waals surface area contributed by atoms with Crippen molar-refractivity contribution in [3.8, 4) is 0 Å². The lowest BCUT2D eigenvalue weighted by Crippen LogP contribution is -2.32. The highest BCUT2D eigenvalue weighted by molar-refractivity contribution is 9.10. The standard InChI is InChI=1S/C21H26BrF2N3OS.C3H9N/c1-5-21(23,24)10-11-27(6-2)19-18(14(3)17(22)13-25-19)20(28)26-15-8-7-9-16(12-15)29-4;1-3-4-2/h7-9,12-13H,5-6,10-11H2,1-4H3,(H,26,28);4H,3H2,1-2H3. The Labute approximate surface area is 209 Å². The van der Waals surface area contributed by atoms with E-state index < -0.39 is 5.92 Å². The Hall–Kier alpha value is -1.71. The largest absolute Gasteiger partial charge is 0.356 e. The van der Waals surface area contributed by atoms with Gasteiger partial charge in [0.05, 0.1) is 5.56 Å². The summed E-state index contributed by atoms with van der Waals surface area (Å²) in [6.07, 6.45) is 3.07. The SMILES string of the molecule is CCN(CCC(F)(F)CC)c1ncc(Br)c(C)c1C(=O)Nc1cccc(SC)c1.CCNC. The van der Waals surface area contributed by atoms with Gasteiger partial charge in [-0.15, -0.1) is 11.8 Å². The van der Waals surface area contributed by atoms with Crippen LogP contribution in [-0.2, 0) is 0 Å². The predicted molar refractivity (Wildman–Crippen MR) is 140 cm³/mol. The molecule has 1 aromatic heterocycles. The number of halogens is 3. The van der Waals surface area contributed by atoms with Crippen molar-refractivity contribution < 1.29 is 13.6 Å². The van der Waals surface area contributed by atoms with E-state index in [2.05, 4.69) is 38.5 Å². The second-order valence-electron chi connectivity index (χ2n) is 7.36. The fraction of sp³-hybridized carbons (Fsp3) is 0.500. The van der Waals surface area contributed by atoms with Crippen LogP contribution in [0.3, 0.4) is 0 Å². The lowest BCUT2D eigenvalue weighted by atomic mass is 10.1. The van der Waals surface area contributed by atoms with Gasteiger partial charge < -0.3 is 15.5 Å². The van der Waals surface area contributed by atoms with Crippen molar-refractivity contribution in [3.63, 3.8) is 0 Å². The number of aromatic nitrogens is 1. The Bertz CT molecular complexity index is 897. The molecule has 0 bridgehead atoms. The Morgan fingerprint density at radius 2 is 1.94 bits per heavy atom. The summed E-state index contributed by atoms with van der Waals surface area (Å²) in [5.41, 5.74) is 1.78. The number of carbonyl (C=O) groups excluding carboxylic acids is 1. The van der Waals surface area contributed by atoms with E-state index in [0.29, 0.717) is 33.6 Å². The van der Waals surface area contributed by atoms with E-state index in [1.807, 2.05) is 51.4 Å². The summed E-state index contributed by atoms with van der Waals surface area (Å²) >= 11 is 5.01. The van der Waals surface area contributed by atoms with Crippen LogP contribution in [0.25, 0.3) is 0 Å². The second kappa shape index (κ2) is 14.5. The number of pyridine rings is 1. The molecule has 0 spiro atoms. The summed E-state index contributed by atoms with van der Waals surface area (Å²) < 4.78 is 28.3. The monoisotopic (exact) mass is 544 g/mol. The zero-order valence-electron chi connectivity index (χ0n) is 20.3. The number of rotatable bonds is 10. The molecule has 0 radical (unpaired) electrons. The highest BCUT2D eigenvalue weighted by Crippen LogP contribution is 2.30. The fourth-order valence-corrected chi connectivity index (χ4v) is 3.62. The third-order valence-corrected chi connectivity index (χ3v) is 6.64. The first kappa shape index (κ1) is 29.3. The number of thioether (sulfide) groups is 1. The van der Waals surface area contributed by atoms with Crippen LogP contribution in [0.5, 0.6) is 0 Å². The number of hydrogen-bond acceptors (Lipinski definition) is 5. The van der Waals surface area contributed by atoms with E-state index in [-0.39, 0.29) is 25.3 Å². The number of alkyl halides is 2. The summed E-state index contributed by atoms with van der Waals surface area (Å²) in [5.74, 6) is -2.64. The maximum Gasteiger partial charge on any atom is 0.259 e. The van der Waals surface area contributed by atoms with Crippen molar-refractivity contribution in [2.45, 2.75) is 51.4 Å². The fourth-order valence-electron chi connectivity index (χ4n) is 2.86. The third kappa shape index (κ3) is 9.22. The Morgan fingerprint density at radius 3 is 2.48 bits per heavy atom. The van der Waals surface area contributed by atoms with Crippen LogP contribution in [0, 0.1) is 6.92 Å². The molecule has 184 valence electrons. The van der Waals surface area contributed by atoms with Gasteiger partial charge in [0.2, 0.25) is 5.92 Å². The second-order valence-corrected chi connectivity index (χ2v) is 9.10. The van der Waals surface area contributed by atoms with Crippen LogP contribution in [0.4, 0.5) is 20.3 Å². The quantitative estimate of drug-likeness (QED) is 0.329. The van der Waals surface area contributed by atoms with Crippen molar-refractivity contribution in [1.29, 1.82) is 0 Å². The van der Waals surface area contributed by atoms with Gasteiger partial charge in [-0.1, -0.05) is 19.9 Å². The zero-order chi connectivity index (χ0) is 25.0. The topological polar surface area (TPSA) is 57.3 Å². The van der Waals surface area contributed by atoms with Crippen molar-refractivity contribution in [1.82, 2.24) is 10.3 Å². The van der Waals surface area contributed by atoms with Gasteiger partial charge in [-0.3, -0.25) is 4.79 Å². The first-order chi connectivity index (χ1) is 15.6. The van der Waals surface area contributed by atoms with Gasteiger partial charge in [0, 0.05) is 47.2 Å². The smallest absolute Gasteiger partial charge is 0.259 e. The molecule has 1 amide bonds. The van der Waals surface area contributed by atoms with Gasteiger partial charge >= 0.3 is 0 Å². The van der Waals surface area contributed by atoms with E-state index >= 15 is 0 Å². The first-order valence-corrected chi connectivity index (χ1v) is 13.0. The predicted octanol–water partition coefficient (Wildman–Crippen LogP) is 6.61. The molecule has 1 heterocycles. The van der Waals surface area contributed by atoms with Crippen LogP contribution >= 0.6 is 27.7 Å². The zero-order valence-corrected chi connectivity index (χ0v) is 22.7. The molecule has 2 rings (SSSR count). The number of amides is 1. The minimum atomic E-state index is -2.74. The maximum absolute atomic E-state index is 13.8. The van der Waals surface area contributed by atoms with Crippen LogP contribution in [0.2, 0.25) is 0 Å². The number of anilines is 2. The lowest BCUT2D eigenvalue weighted by Gasteiger charge is -2.27. The normalized spacial score (nSPS) is 10.9. The molecule has 2 N–H and O–H groups in total. The van der Waals surface area contributed by atoms with E-state index in [9.17, 15) is 13.6 Å². The van der Waals surface area contributed by atoms with E-state index in [0.717, 1.165) is 11.4 Å². The van der Waals surface area contributed by atoms with Gasteiger partial charge in [0.25, 0.3) is 5.91 Å². The molecule has 0 saturated heterocycles. The molecule has 9 heteroatoms. The number of carbonyl (C=O) groups is 1. The molecule has 0 unspecified atom stereocenters. The highest BCUT2D eigenvalue weighted by Gasteiger charge is 2.28. The maximum atomic E-state index is 13.8. The molecule has 0 atom stereocenters. The number of nitrogens with zero attached hydrogens (tertiary/aromatic N) is 2. The van der Waals surface area contributed by atoms with Gasteiger partial charge in [-0.2, -0.15) is 0 Å². The number of nitrogens with one attached hydrogen (secondary N) is 2. The van der Waals surface area contributed by atoms with Crippen molar-refractivity contribution in [2.75, 3.05) is 43.2 Å². The third-order valence-electron chi connectivity index (χ3n) is 5.11. The van der Waals surface area contributed by atoms with Crippen molar-refractivity contribution in [2.24, 2.45) is 0 Å². The first-order valence-electron chi connectivity index (χ1n) is 11.0. The lowest BCUT2D eigenvalue weighted by molar-refractivity contribution is -0.00921. The molecule has 0 aliphatic heterocycles. The summed E-state index contributed by atoms with van der Waals surface area (Å²) in [5, 5.41) is 5.85. The van der Waals surface area contributed by atoms with E-state index in [4.69, 9.17) is 0 Å². The van der Waals surface area contributed by atoms with E-state index in [1.54, 1.807) is 22.9 Å². The van der Waals surface area contributed by atoms with Crippen LogP contribution in [-0.4, -0.2) is 49.8 Å². The summed E-state index contributed by atoms with van der Waals surface area (Å²) in [6, 6.07) is 7.55. The van der Waals surface area contributed by atoms with Gasteiger partial charge in [0.1, 0.15) is 5.82 Å². The molecule has 1 aromatic carbocycles. The van der Waals surface area contributed by atoms with Gasteiger partial charge in [-0.25, -0.2) is 13.8 Å². The molecule has 5 nitrogen and oxygen atoms in total. The van der Waals surface area contributed by atoms with Crippen LogP contribution in [0.1, 0.15) is 49.5 Å². The molecule has 0 aliphatic rings. The average Bonchev–Trinajstić information content (AvgIpc) is 2.81. The summed E-state index contributed by atoms with van der Waals surface area (Å²) in [6.45, 7) is 8.88. The molecular weight excluding hydrogens is 510 g/mol. The van der Waals surface area contributed by atoms with Crippen LogP contribution in [0.15, 0.2) is 39.8 Å². The van der Waals surface area contributed by atoms with Crippen molar-refractivity contribution >= 4 is 45.1 Å². The minimum absolute atomic E-state index is 0.119. The Kier molecular flexibility index (Phi) is 12.9. The Balaban J connectivity index is 0.00000125. The van der Waals surface area contributed by atoms with E-state index in [1.165, 1.54) is 6.92 Å². The number of hydrogen-bond donors (Lipinski definition) is 2. The highest BCUT2D eigenvalue weighted by atomic mass is 79.9. The molecule has 0 aliphatic carbocycles. The molecular formula is C24H35BrF2N4OS. The minimum Gasteiger partial charge on any atom is -0.356 e. The molecule has 0 saturated carbocycles. The molecule has 0 fully saturated rings. The molecule has 33 heavy (non-hydrogen) atoms. The van der Waals surface area contributed by atoms with Crippen LogP contribution < -0.4 is 15.5 Å². The number of benzene rings is 1. The van der Waals surface area contributed by atoms with Crippen molar-refractivity contribution in [3.05, 3.63) is 46.1 Å².